The van der Waals surface area contributed by atoms with Gasteiger partial charge in [0.05, 0.1) is 0 Å². The van der Waals surface area contributed by atoms with E-state index in [0.29, 0.717) is 5.82 Å². The van der Waals surface area contributed by atoms with Crippen LogP contribution in [0, 0.1) is 0 Å². The fourth-order valence-corrected chi connectivity index (χ4v) is 1.25. The van der Waals surface area contributed by atoms with Crippen molar-refractivity contribution in [3.8, 4) is 11.4 Å². The summed E-state index contributed by atoms with van der Waals surface area (Å²) in [5.41, 5.74) is 1.55. The Morgan fingerprint density at radius 1 is 1.00 bits per heavy atom. The van der Waals surface area contributed by atoms with Crippen LogP contribution in [0.3, 0.4) is 0 Å². The Kier molecular flexibility index (Phi) is 8.87. The van der Waals surface area contributed by atoms with E-state index in [2.05, 4.69) is 27.3 Å². The van der Waals surface area contributed by atoms with Crippen molar-refractivity contribution in [2.45, 2.75) is 41.0 Å². The molecule has 0 aliphatic heterocycles. The molecule has 0 aliphatic carbocycles. The van der Waals surface area contributed by atoms with Crippen LogP contribution in [0.2, 0.25) is 0 Å². The first-order chi connectivity index (χ1) is 9.29. The molecule has 0 atom stereocenters. The van der Waals surface area contributed by atoms with Crippen molar-refractivity contribution in [1.29, 1.82) is 0 Å². The van der Waals surface area contributed by atoms with Gasteiger partial charge in [0.25, 0.3) is 0 Å². The molecule has 1 N–H and O–H groups in total. The summed E-state index contributed by atoms with van der Waals surface area (Å²) in [5.74, 6) is 0.428. The average molecular weight is 262 g/mol. The number of rotatable bonds is 2. The van der Waals surface area contributed by atoms with Crippen LogP contribution in [0.15, 0.2) is 29.1 Å². The zero-order chi connectivity index (χ0) is 14.7. The van der Waals surface area contributed by atoms with Crippen molar-refractivity contribution in [1.82, 2.24) is 20.4 Å². The highest BCUT2D eigenvalue weighted by molar-refractivity contribution is 5.53. The number of nitrogens with zero attached hydrogens (tertiary/aromatic N) is 3. The van der Waals surface area contributed by atoms with E-state index in [0.717, 1.165) is 12.0 Å². The van der Waals surface area contributed by atoms with Crippen LogP contribution in [0.4, 0.5) is 0 Å². The van der Waals surface area contributed by atoms with Gasteiger partial charge in [-0.15, -0.1) is 10.2 Å². The normalized spacial score (nSPS) is 8.68. The van der Waals surface area contributed by atoms with Crippen LogP contribution in [-0.4, -0.2) is 20.4 Å². The molecule has 1 aromatic heterocycles. The lowest BCUT2D eigenvalue weighted by atomic mass is 10.1. The van der Waals surface area contributed by atoms with Gasteiger partial charge in [0, 0.05) is 5.56 Å². The number of nitrogens with one attached hydrogen (secondary N) is 1. The van der Waals surface area contributed by atoms with Gasteiger partial charge in [0.1, 0.15) is 0 Å². The van der Waals surface area contributed by atoms with Crippen LogP contribution in [0.5, 0.6) is 0 Å². The highest BCUT2D eigenvalue weighted by Crippen LogP contribution is 2.13. The van der Waals surface area contributed by atoms with Gasteiger partial charge in [-0.05, 0) is 12.0 Å². The Labute approximate surface area is 114 Å². The van der Waals surface area contributed by atoms with Crippen molar-refractivity contribution in [3.63, 3.8) is 0 Å². The summed E-state index contributed by atoms with van der Waals surface area (Å²) in [6.45, 7) is 10.1. The number of hydrogen-bond donors (Lipinski definition) is 1. The Morgan fingerprint density at radius 3 is 2.00 bits per heavy atom. The van der Waals surface area contributed by atoms with Crippen molar-refractivity contribution >= 4 is 0 Å². The predicted octanol–water partition coefficient (Wildman–Crippen LogP) is 2.84. The van der Waals surface area contributed by atoms with E-state index in [4.69, 9.17) is 0 Å². The van der Waals surface area contributed by atoms with E-state index < -0.39 is 5.69 Å². The fourth-order valence-electron chi connectivity index (χ4n) is 1.25. The van der Waals surface area contributed by atoms with Gasteiger partial charge in [-0.1, -0.05) is 64.0 Å². The minimum atomic E-state index is -0.538. The van der Waals surface area contributed by atoms with Crippen molar-refractivity contribution in [2.24, 2.45) is 0 Å². The third-order valence-corrected chi connectivity index (χ3v) is 2.11. The van der Waals surface area contributed by atoms with Crippen molar-refractivity contribution < 1.29 is 0 Å². The van der Waals surface area contributed by atoms with Crippen LogP contribution >= 0.6 is 0 Å². The number of benzene rings is 1. The van der Waals surface area contributed by atoms with Crippen LogP contribution < -0.4 is 5.69 Å². The molecule has 0 radical (unpaired) electrons. The van der Waals surface area contributed by atoms with E-state index in [-0.39, 0.29) is 0 Å². The van der Waals surface area contributed by atoms with E-state index in [1.54, 1.807) is 0 Å². The molecule has 0 aliphatic rings. The molecule has 5 nitrogen and oxygen atoms in total. The second-order valence-corrected chi connectivity index (χ2v) is 3.10. The second kappa shape index (κ2) is 9.94. The fraction of sp³-hybridized carbons (Fsp3) is 0.429. The summed E-state index contributed by atoms with van der Waals surface area (Å²) in [5, 5.41) is 13.1. The van der Waals surface area contributed by atoms with Gasteiger partial charge in [-0.3, -0.25) is 0 Å². The average Bonchev–Trinajstić information content (AvgIpc) is 2.52. The maximum Gasteiger partial charge on any atom is 0.380 e. The lowest BCUT2D eigenvalue weighted by molar-refractivity contribution is 0.818. The van der Waals surface area contributed by atoms with E-state index in [1.165, 1.54) is 5.56 Å². The molecule has 1 aromatic carbocycles. The Morgan fingerprint density at radius 2 is 1.58 bits per heavy atom. The second-order valence-electron chi connectivity index (χ2n) is 3.10. The SMILES string of the molecule is CC.CC.CCc1ccc(-c2nnc(=O)[nH]n2)cc1. The maximum atomic E-state index is 10.7. The Bertz CT molecular complexity index is 485. The van der Waals surface area contributed by atoms with Crippen molar-refractivity contribution in [2.75, 3.05) is 0 Å². The zero-order valence-corrected chi connectivity index (χ0v) is 12.3. The van der Waals surface area contributed by atoms with Gasteiger partial charge in [-0.25, -0.2) is 9.89 Å². The molecule has 0 spiro atoms. The van der Waals surface area contributed by atoms with Crippen LogP contribution in [-0.2, 0) is 6.42 Å². The third kappa shape index (κ3) is 5.42. The monoisotopic (exact) mass is 262 g/mol. The van der Waals surface area contributed by atoms with Gasteiger partial charge in [-0.2, -0.15) is 0 Å². The molecule has 0 fully saturated rings. The summed E-state index contributed by atoms with van der Waals surface area (Å²) in [7, 11) is 0. The number of H-pyrrole nitrogens is 1. The Hall–Kier alpha value is -2.04. The molecule has 0 amide bonds. The summed E-state index contributed by atoms with van der Waals surface area (Å²) in [6, 6.07) is 7.83. The molecule has 5 heteroatoms. The Balaban J connectivity index is 0.000000741. The highest BCUT2D eigenvalue weighted by atomic mass is 16.1. The summed E-state index contributed by atoms with van der Waals surface area (Å²) >= 11 is 0. The van der Waals surface area contributed by atoms with Crippen LogP contribution in [0.1, 0.15) is 40.2 Å². The van der Waals surface area contributed by atoms with Gasteiger partial charge < -0.3 is 0 Å². The number of aryl methyl sites for hydroxylation is 1. The smallest absolute Gasteiger partial charge is 0.243 e. The first-order valence-corrected chi connectivity index (χ1v) is 6.68. The molecule has 104 valence electrons. The third-order valence-electron chi connectivity index (χ3n) is 2.11. The number of hydrogen-bond acceptors (Lipinski definition) is 4. The minimum Gasteiger partial charge on any atom is -0.243 e. The van der Waals surface area contributed by atoms with Crippen LogP contribution in [0.25, 0.3) is 11.4 Å². The highest BCUT2D eigenvalue weighted by Gasteiger charge is 2.01. The standard InChI is InChI=1S/C10H10N4O.2C2H6/c1-2-7-3-5-8(6-4-7)9-11-13-10(15)14-12-9;2*1-2/h3-6H,2H2,1H3,(H,13,14,15);2*1-2H3. The van der Waals surface area contributed by atoms with Crippen molar-refractivity contribution in [3.05, 3.63) is 40.3 Å². The van der Waals surface area contributed by atoms with Gasteiger partial charge in [0.15, 0.2) is 0 Å². The quantitative estimate of drug-likeness (QED) is 0.903. The molecule has 0 bridgehead atoms. The lowest BCUT2D eigenvalue weighted by Gasteiger charge is -1.99. The largest absolute Gasteiger partial charge is 0.380 e. The lowest BCUT2D eigenvalue weighted by Crippen LogP contribution is -2.14. The molecule has 2 rings (SSSR count). The molecule has 2 aromatic rings. The molecule has 1 heterocycles. The summed E-state index contributed by atoms with van der Waals surface area (Å²) in [6.07, 6.45) is 0.991. The number of aromatic amines is 1. The molecule has 0 saturated carbocycles. The zero-order valence-electron chi connectivity index (χ0n) is 12.3. The maximum absolute atomic E-state index is 10.7. The molecule has 19 heavy (non-hydrogen) atoms. The number of aromatic nitrogens is 4. The van der Waals surface area contributed by atoms with E-state index in [1.807, 2.05) is 52.0 Å². The minimum absolute atomic E-state index is 0.428. The van der Waals surface area contributed by atoms with Gasteiger partial charge >= 0.3 is 5.69 Å². The molecule has 0 unspecified atom stereocenters. The molecular formula is C14H22N4O. The topological polar surface area (TPSA) is 71.5 Å². The van der Waals surface area contributed by atoms with E-state index in [9.17, 15) is 4.79 Å². The first kappa shape index (κ1) is 17.0. The molecule has 0 saturated heterocycles. The van der Waals surface area contributed by atoms with E-state index >= 15 is 0 Å². The van der Waals surface area contributed by atoms with Gasteiger partial charge in [0.2, 0.25) is 5.82 Å². The summed E-state index contributed by atoms with van der Waals surface area (Å²) < 4.78 is 0. The first-order valence-electron chi connectivity index (χ1n) is 6.68. The predicted molar refractivity (Wildman–Crippen MR) is 78.0 cm³/mol. The summed E-state index contributed by atoms with van der Waals surface area (Å²) in [4.78, 5) is 10.7. The molecular weight excluding hydrogens is 240 g/mol.